The van der Waals surface area contributed by atoms with E-state index in [1.165, 1.54) is 0 Å². The molecule has 2 heteroatoms. The Kier molecular flexibility index (Phi) is 5.93. The van der Waals surface area contributed by atoms with Crippen molar-refractivity contribution in [3.05, 3.63) is 0 Å². The van der Waals surface area contributed by atoms with Crippen molar-refractivity contribution in [1.82, 2.24) is 10.2 Å². The summed E-state index contributed by atoms with van der Waals surface area (Å²) >= 11 is 0. The Balaban J connectivity index is 3.99. The van der Waals surface area contributed by atoms with E-state index in [1.54, 1.807) is 0 Å². The molecule has 0 radical (unpaired) electrons. The molecular formula is C13H26N2. The Morgan fingerprint density at radius 3 is 2.27 bits per heavy atom. The monoisotopic (exact) mass is 210 g/mol. The number of nitrogens with one attached hydrogen (secondary N) is 1. The minimum absolute atomic E-state index is 0.193. The maximum atomic E-state index is 5.30. The van der Waals surface area contributed by atoms with Crippen molar-refractivity contribution in [1.29, 1.82) is 0 Å². The highest BCUT2D eigenvalue weighted by molar-refractivity contribution is 4.89. The molecule has 0 rings (SSSR count). The van der Waals surface area contributed by atoms with Crippen molar-refractivity contribution in [2.45, 2.75) is 46.2 Å². The van der Waals surface area contributed by atoms with Gasteiger partial charge in [0.15, 0.2) is 0 Å². The summed E-state index contributed by atoms with van der Waals surface area (Å²) in [6.45, 7) is 12.8. The highest BCUT2D eigenvalue weighted by Gasteiger charge is 2.18. The summed E-state index contributed by atoms with van der Waals surface area (Å²) in [5, 5.41) is 3.52. The topological polar surface area (TPSA) is 15.3 Å². The third-order valence-corrected chi connectivity index (χ3v) is 2.81. The van der Waals surface area contributed by atoms with Gasteiger partial charge in [-0.2, -0.15) is 0 Å². The molecule has 88 valence electrons. The largest absolute Gasteiger partial charge is 0.312 e. The molecule has 1 N–H and O–H groups in total. The van der Waals surface area contributed by atoms with Gasteiger partial charge in [0.25, 0.3) is 0 Å². The van der Waals surface area contributed by atoms with Gasteiger partial charge < -0.3 is 5.32 Å². The van der Waals surface area contributed by atoms with E-state index in [1.807, 2.05) is 0 Å². The summed E-state index contributed by atoms with van der Waals surface area (Å²) < 4.78 is 0. The second kappa shape index (κ2) is 6.15. The first kappa shape index (κ1) is 14.5. The number of terminal acetylenes is 1. The number of hydrogen-bond donors (Lipinski definition) is 1. The van der Waals surface area contributed by atoms with Crippen LogP contribution in [0, 0.1) is 18.3 Å². The Morgan fingerprint density at radius 1 is 1.33 bits per heavy atom. The zero-order valence-electron chi connectivity index (χ0n) is 11.1. The molecule has 0 saturated heterocycles. The molecule has 0 spiro atoms. The van der Waals surface area contributed by atoms with Crippen LogP contribution in [0.4, 0.5) is 0 Å². The van der Waals surface area contributed by atoms with E-state index in [9.17, 15) is 0 Å². The van der Waals surface area contributed by atoms with Crippen molar-refractivity contribution in [3.63, 3.8) is 0 Å². The van der Waals surface area contributed by atoms with Crippen LogP contribution in [0.15, 0.2) is 0 Å². The molecule has 0 aromatic rings. The van der Waals surface area contributed by atoms with Crippen LogP contribution >= 0.6 is 0 Å². The fourth-order valence-corrected chi connectivity index (χ4v) is 1.36. The maximum absolute atomic E-state index is 5.30. The predicted molar refractivity (Wildman–Crippen MR) is 67.8 cm³/mol. The van der Waals surface area contributed by atoms with Gasteiger partial charge in [0.05, 0.1) is 6.54 Å². The molecule has 0 fully saturated rings. The fourth-order valence-electron chi connectivity index (χ4n) is 1.36. The normalized spacial score (nSPS) is 16.1. The molecule has 0 aromatic heterocycles. The smallest absolute Gasteiger partial charge is 0.0598 e. The van der Waals surface area contributed by atoms with Crippen molar-refractivity contribution in [2.24, 2.45) is 5.92 Å². The third kappa shape index (κ3) is 6.54. The molecule has 0 aliphatic rings. The molecule has 0 heterocycles. The minimum atomic E-state index is 0.193. The molecule has 0 bridgehead atoms. The van der Waals surface area contributed by atoms with Crippen LogP contribution in [0.2, 0.25) is 0 Å². The Morgan fingerprint density at radius 2 is 1.87 bits per heavy atom. The SMILES string of the molecule is C#CCN(C)C(C)C(C)CNC(C)(C)C. The molecule has 0 aliphatic heterocycles. The van der Waals surface area contributed by atoms with Gasteiger partial charge in [-0.15, -0.1) is 6.42 Å². The summed E-state index contributed by atoms with van der Waals surface area (Å²) in [4.78, 5) is 2.22. The van der Waals surface area contributed by atoms with Gasteiger partial charge in [0, 0.05) is 11.6 Å². The lowest BCUT2D eigenvalue weighted by Gasteiger charge is -2.31. The molecular weight excluding hydrogens is 184 g/mol. The van der Waals surface area contributed by atoms with Crippen LogP contribution in [-0.4, -0.2) is 36.6 Å². The molecule has 0 amide bonds. The van der Waals surface area contributed by atoms with Crippen molar-refractivity contribution >= 4 is 0 Å². The van der Waals surface area contributed by atoms with Crippen molar-refractivity contribution < 1.29 is 0 Å². The van der Waals surface area contributed by atoms with Crippen LogP contribution in [0.3, 0.4) is 0 Å². The molecule has 2 nitrogen and oxygen atoms in total. The van der Waals surface area contributed by atoms with E-state index in [-0.39, 0.29) is 5.54 Å². The van der Waals surface area contributed by atoms with E-state index in [4.69, 9.17) is 6.42 Å². The van der Waals surface area contributed by atoms with Crippen molar-refractivity contribution in [3.8, 4) is 12.3 Å². The summed E-state index contributed by atoms with van der Waals surface area (Å²) in [5.41, 5.74) is 0.193. The van der Waals surface area contributed by atoms with Gasteiger partial charge >= 0.3 is 0 Å². The van der Waals surface area contributed by atoms with Crippen LogP contribution in [0.1, 0.15) is 34.6 Å². The first-order chi connectivity index (χ1) is 6.78. The van der Waals surface area contributed by atoms with Crippen LogP contribution in [0.5, 0.6) is 0 Å². The lowest BCUT2D eigenvalue weighted by Crippen LogP contribution is -2.44. The van der Waals surface area contributed by atoms with Crippen LogP contribution in [0.25, 0.3) is 0 Å². The first-order valence-electron chi connectivity index (χ1n) is 5.66. The highest BCUT2D eigenvalue weighted by atomic mass is 15.1. The number of hydrogen-bond acceptors (Lipinski definition) is 2. The average Bonchev–Trinajstić information content (AvgIpc) is 2.12. The molecule has 0 saturated carbocycles. The van der Waals surface area contributed by atoms with Gasteiger partial charge in [-0.3, -0.25) is 4.90 Å². The van der Waals surface area contributed by atoms with E-state index < -0.39 is 0 Å². The minimum Gasteiger partial charge on any atom is -0.312 e. The second-order valence-corrected chi connectivity index (χ2v) is 5.47. The Labute approximate surface area is 95.4 Å². The zero-order valence-corrected chi connectivity index (χ0v) is 11.1. The van der Waals surface area contributed by atoms with Gasteiger partial charge in [-0.05, 0) is 47.2 Å². The van der Waals surface area contributed by atoms with E-state index >= 15 is 0 Å². The molecule has 2 unspecified atom stereocenters. The first-order valence-corrected chi connectivity index (χ1v) is 5.66. The quantitative estimate of drug-likeness (QED) is 0.698. The van der Waals surface area contributed by atoms with Crippen LogP contribution < -0.4 is 5.32 Å². The van der Waals surface area contributed by atoms with Gasteiger partial charge in [0.1, 0.15) is 0 Å². The average molecular weight is 210 g/mol. The van der Waals surface area contributed by atoms with E-state index in [0.717, 1.165) is 13.1 Å². The maximum Gasteiger partial charge on any atom is 0.0598 e. The molecule has 2 atom stereocenters. The summed E-state index contributed by atoms with van der Waals surface area (Å²) in [5.74, 6) is 3.28. The lowest BCUT2D eigenvalue weighted by atomic mass is 10.0. The van der Waals surface area contributed by atoms with E-state index in [0.29, 0.717) is 12.0 Å². The van der Waals surface area contributed by atoms with Crippen molar-refractivity contribution in [2.75, 3.05) is 20.1 Å². The summed E-state index contributed by atoms with van der Waals surface area (Å²) in [7, 11) is 2.08. The Hall–Kier alpha value is -0.520. The van der Waals surface area contributed by atoms with Gasteiger partial charge in [-0.1, -0.05) is 12.8 Å². The summed E-state index contributed by atoms with van der Waals surface area (Å²) in [6, 6.07) is 0.510. The molecule has 0 aliphatic carbocycles. The Bertz CT molecular complexity index is 210. The molecule has 0 aromatic carbocycles. The lowest BCUT2D eigenvalue weighted by molar-refractivity contribution is 0.208. The number of rotatable bonds is 5. The van der Waals surface area contributed by atoms with Crippen LogP contribution in [-0.2, 0) is 0 Å². The van der Waals surface area contributed by atoms with Gasteiger partial charge in [-0.25, -0.2) is 0 Å². The second-order valence-electron chi connectivity index (χ2n) is 5.47. The fraction of sp³-hybridized carbons (Fsp3) is 0.846. The zero-order chi connectivity index (χ0) is 12.1. The van der Waals surface area contributed by atoms with Gasteiger partial charge in [0.2, 0.25) is 0 Å². The van der Waals surface area contributed by atoms with E-state index in [2.05, 4.69) is 57.8 Å². The summed E-state index contributed by atoms with van der Waals surface area (Å²) in [6.07, 6.45) is 5.30. The standard InChI is InChI=1S/C13H26N2/c1-8-9-15(7)12(3)11(2)10-14-13(4,5)6/h1,11-12,14H,9-10H2,2-7H3. The third-order valence-electron chi connectivity index (χ3n) is 2.81. The number of nitrogens with zero attached hydrogens (tertiary/aromatic N) is 1. The highest BCUT2D eigenvalue weighted by Crippen LogP contribution is 2.09. The molecule has 15 heavy (non-hydrogen) atoms. The predicted octanol–water partition coefficient (Wildman–Crippen LogP) is 1.96.